The molecule has 10 heteroatoms. The second kappa shape index (κ2) is 8.54. The molecule has 0 spiro atoms. The van der Waals surface area contributed by atoms with Crippen LogP contribution in [-0.4, -0.2) is 41.1 Å². The van der Waals surface area contributed by atoms with Crippen LogP contribution in [0.4, 0.5) is 19.6 Å². The number of ether oxygens (including phenoxy) is 1. The van der Waals surface area contributed by atoms with E-state index < -0.39 is 17.5 Å². The summed E-state index contributed by atoms with van der Waals surface area (Å²) in [5.74, 6) is -1.85. The van der Waals surface area contributed by atoms with E-state index in [9.17, 15) is 13.6 Å². The van der Waals surface area contributed by atoms with Crippen LogP contribution in [0, 0.1) is 11.6 Å². The van der Waals surface area contributed by atoms with E-state index in [1.807, 2.05) is 0 Å². The van der Waals surface area contributed by atoms with Gasteiger partial charge < -0.3 is 15.4 Å². The number of carbonyl (C=O) groups is 1. The number of rotatable bonds is 7. The summed E-state index contributed by atoms with van der Waals surface area (Å²) in [5.41, 5.74) is -0.0526. The van der Waals surface area contributed by atoms with Crippen LogP contribution in [0.15, 0.2) is 22.5 Å². The summed E-state index contributed by atoms with van der Waals surface area (Å²) in [7, 11) is 0. The van der Waals surface area contributed by atoms with Gasteiger partial charge in [-0.2, -0.15) is 0 Å². The smallest absolute Gasteiger partial charge is 0.234 e. The van der Waals surface area contributed by atoms with Crippen LogP contribution < -0.4 is 10.6 Å². The first-order valence-corrected chi connectivity index (χ1v) is 9.47. The topological polar surface area (TPSA) is 76.1 Å². The molecule has 1 unspecified atom stereocenters. The number of nitrogens with one attached hydrogen (secondary N) is 2. The summed E-state index contributed by atoms with van der Waals surface area (Å²) in [6, 6.07) is 2.99. The lowest BCUT2D eigenvalue weighted by Crippen LogP contribution is -2.18. The van der Waals surface area contributed by atoms with E-state index in [1.54, 1.807) is 0 Å². The fraction of sp³-hybridized carbons (Fsp3) is 0.400. The molecule has 1 atom stereocenters. The fourth-order valence-electron chi connectivity index (χ4n) is 2.25. The minimum Gasteiger partial charge on any atom is -0.376 e. The molecular formula is C15H16F2N4O2S2. The molecule has 2 N–H and O–H groups in total. The average Bonchev–Trinajstić information content (AvgIpc) is 3.25. The number of amides is 1. The number of halogens is 2. The zero-order valence-electron chi connectivity index (χ0n) is 13.1. The summed E-state index contributed by atoms with van der Waals surface area (Å²) in [6.45, 7) is 1.48. The Morgan fingerprint density at radius 1 is 1.40 bits per heavy atom. The summed E-state index contributed by atoms with van der Waals surface area (Å²) in [4.78, 5) is 11.9. The number of nitrogens with zero attached hydrogens (tertiary/aromatic N) is 2. The third-order valence-electron chi connectivity index (χ3n) is 3.44. The molecular weight excluding hydrogens is 370 g/mol. The maximum Gasteiger partial charge on any atom is 0.234 e. The minimum atomic E-state index is -0.810. The fourth-order valence-corrected chi connectivity index (χ4v) is 3.81. The summed E-state index contributed by atoms with van der Waals surface area (Å²) in [5, 5.41) is 14.2. The van der Waals surface area contributed by atoms with Crippen molar-refractivity contribution in [2.45, 2.75) is 23.3 Å². The standard InChI is InChI=1S/C15H16F2N4O2S2/c16-9-3-4-12(11(17)6-9)19-13(22)8-24-15-21-20-14(25-15)18-7-10-2-1-5-23-10/h3-4,6,10H,1-2,5,7-8H2,(H,18,20)(H,19,22). The molecule has 25 heavy (non-hydrogen) atoms. The van der Waals surface area contributed by atoms with E-state index in [1.165, 1.54) is 29.2 Å². The van der Waals surface area contributed by atoms with Crippen LogP contribution in [0.5, 0.6) is 0 Å². The Morgan fingerprint density at radius 3 is 3.04 bits per heavy atom. The molecule has 1 aliphatic heterocycles. The predicted octanol–water partition coefficient (Wildman–Crippen LogP) is 3.14. The van der Waals surface area contributed by atoms with Crippen LogP contribution in [0.1, 0.15) is 12.8 Å². The molecule has 2 aromatic rings. The molecule has 3 rings (SSSR count). The Hall–Kier alpha value is -1.78. The second-order valence-electron chi connectivity index (χ2n) is 5.35. The van der Waals surface area contributed by atoms with Crippen molar-refractivity contribution in [3.05, 3.63) is 29.8 Å². The first-order chi connectivity index (χ1) is 12.1. The van der Waals surface area contributed by atoms with Gasteiger partial charge in [0.15, 0.2) is 4.34 Å². The molecule has 0 saturated carbocycles. The van der Waals surface area contributed by atoms with Gasteiger partial charge in [0, 0.05) is 19.2 Å². The molecule has 0 aliphatic carbocycles. The van der Waals surface area contributed by atoms with Gasteiger partial charge in [0.25, 0.3) is 0 Å². The largest absolute Gasteiger partial charge is 0.376 e. The van der Waals surface area contributed by atoms with Crippen LogP contribution in [0.3, 0.4) is 0 Å². The van der Waals surface area contributed by atoms with E-state index in [0.29, 0.717) is 16.0 Å². The lowest BCUT2D eigenvalue weighted by molar-refractivity contribution is -0.113. The molecule has 1 aromatic heterocycles. The van der Waals surface area contributed by atoms with E-state index in [-0.39, 0.29) is 17.5 Å². The van der Waals surface area contributed by atoms with Crippen LogP contribution in [0.2, 0.25) is 0 Å². The lowest BCUT2D eigenvalue weighted by atomic mass is 10.2. The number of hydrogen-bond donors (Lipinski definition) is 2. The highest BCUT2D eigenvalue weighted by Crippen LogP contribution is 2.26. The van der Waals surface area contributed by atoms with E-state index in [0.717, 1.165) is 31.6 Å². The quantitative estimate of drug-likeness (QED) is 0.712. The maximum atomic E-state index is 13.5. The number of benzene rings is 1. The van der Waals surface area contributed by atoms with Crippen LogP contribution in [0.25, 0.3) is 0 Å². The first kappa shape index (κ1) is 18.0. The van der Waals surface area contributed by atoms with Gasteiger partial charge in [-0.1, -0.05) is 23.1 Å². The van der Waals surface area contributed by atoms with E-state index in [2.05, 4.69) is 20.8 Å². The third-order valence-corrected chi connectivity index (χ3v) is 5.46. The number of aromatic nitrogens is 2. The minimum absolute atomic E-state index is 0.0526. The first-order valence-electron chi connectivity index (χ1n) is 7.67. The lowest BCUT2D eigenvalue weighted by Gasteiger charge is -2.08. The van der Waals surface area contributed by atoms with Crippen molar-refractivity contribution in [3.8, 4) is 0 Å². The Labute approximate surface area is 151 Å². The summed E-state index contributed by atoms with van der Waals surface area (Å²) < 4.78 is 32.5. The Morgan fingerprint density at radius 2 is 2.28 bits per heavy atom. The Kier molecular flexibility index (Phi) is 6.16. The Balaban J connectivity index is 1.44. The molecule has 134 valence electrons. The number of thioether (sulfide) groups is 1. The van der Waals surface area contributed by atoms with Gasteiger partial charge in [-0.05, 0) is 25.0 Å². The molecule has 2 heterocycles. The van der Waals surface area contributed by atoms with Gasteiger partial charge in [0.2, 0.25) is 11.0 Å². The zero-order valence-corrected chi connectivity index (χ0v) is 14.8. The molecule has 0 radical (unpaired) electrons. The highest BCUT2D eigenvalue weighted by Gasteiger charge is 2.16. The summed E-state index contributed by atoms with van der Waals surface area (Å²) >= 11 is 2.54. The molecule has 1 fully saturated rings. The van der Waals surface area contributed by atoms with Gasteiger partial charge in [-0.15, -0.1) is 10.2 Å². The van der Waals surface area contributed by atoms with Gasteiger partial charge in [-0.3, -0.25) is 4.79 Å². The molecule has 1 aliphatic rings. The maximum absolute atomic E-state index is 13.5. The molecule has 1 amide bonds. The van der Waals surface area contributed by atoms with Crippen molar-refractivity contribution in [1.29, 1.82) is 0 Å². The van der Waals surface area contributed by atoms with Crippen LogP contribution in [-0.2, 0) is 9.53 Å². The van der Waals surface area contributed by atoms with Crippen molar-refractivity contribution in [3.63, 3.8) is 0 Å². The molecule has 1 saturated heterocycles. The number of anilines is 2. The van der Waals surface area contributed by atoms with Gasteiger partial charge in [0.05, 0.1) is 17.5 Å². The third kappa shape index (κ3) is 5.35. The van der Waals surface area contributed by atoms with Crippen LogP contribution >= 0.6 is 23.1 Å². The van der Waals surface area contributed by atoms with E-state index in [4.69, 9.17) is 4.74 Å². The average molecular weight is 386 g/mol. The van der Waals surface area contributed by atoms with Crippen molar-refractivity contribution in [2.24, 2.45) is 0 Å². The normalized spacial score (nSPS) is 16.8. The van der Waals surface area contributed by atoms with Gasteiger partial charge >= 0.3 is 0 Å². The zero-order chi connectivity index (χ0) is 17.6. The SMILES string of the molecule is O=C(CSc1nnc(NCC2CCCO2)s1)Nc1ccc(F)cc1F. The summed E-state index contributed by atoms with van der Waals surface area (Å²) in [6.07, 6.45) is 2.32. The molecule has 1 aromatic carbocycles. The van der Waals surface area contributed by atoms with Crippen molar-refractivity contribution >= 4 is 39.8 Å². The van der Waals surface area contributed by atoms with Crippen molar-refractivity contribution in [2.75, 3.05) is 29.5 Å². The second-order valence-corrected chi connectivity index (χ2v) is 7.55. The molecule has 6 nitrogen and oxygen atoms in total. The number of carbonyl (C=O) groups excluding carboxylic acids is 1. The predicted molar refractivity (Wildman–Crippen MR) is 93.1 cm³/mol. The van der Waals surface area contributed by atoms with Gasteiger partial charge in [-0.25, -0.2) is 8.78 Å². The molecule has 0 bridgehead atoms. The number of hydrogen-bond acceptors (Lipinski definition) is 7. The Bertz CT molecular complexity index is 738. The monoisotopic (exact) mass is 386 g/mol. The van der Waals surface area contributed by atoms with E-state index >= 15 is 0 Å². The van der Waals surface area contributed by atoms with Gasteiger partial charge in [0.1, 0.15) is 11.6 Å². The highest BCUT2D eigenvalue weighted by atomic mass is 32.2. The highest BCUT2D eigenvalue weighted by molar-refractivity contribution is 8.01. The van der Waals surface area contributed by atoms with Crippen molar-refractivity contribution in [1.82, 2.24) is 10.2 Å². The van der Waals surface area contributed by atoms with Crippen molar-refractivity contribution < 1.29 is 18.3 Å².